The van der Waals surface area contributed by atoms with E-state index in [1.54, 1.807) is 24.3 Å². The lowest BCUT2D eigenvalue weighted by Crippen LogP contribution is -2.13. The average Bonchev–Trinajstić information content (AvgIpc) is 3.18. The van der Waals surface area contributed by atoms with Crippen LogP contribution < -0.4 is 0 Å². The molecule has 3 heteroatoms. The highest BCUT2D eigenvalue weighted by molar-refractivity contribution is 7.95. The van der Waals surface area contributed by atoms with Crippen molar-refractivity contribution in [2.75, 3.05) is 0 Å². The summed E-state index contributed by atoms with van der Waals surface area (Å²) >= 11 is 0. The van der Waals surface area contributed by atoms with E-state index in [0.29, 0.717) is 16.2 Å². The zero-order valence-corrected chi connectivity index (χ0v) is 13.5. The van der Waals surface area contributed by atoms with E-state index < -0.39 is 9.84 Å². The third kappa shape index (κ3) is 2.45. The van der Waals surface area contributed by atoms with E-state index in [1.165, 1.54) is 5.56 Å². The molecule has 0 saturated heterocycles. The fraction of sp³-hybridized carbons (Fsp3) is 0.200. The van der Waals surface area contributed by atoms with Gasteiger partial charge in [0, 0.05) is 11.8 Å². The summed E-state index contributed by atoms with van der Waals surface area (Å²) in [5, 5.41) is 0. The second-order valence-corrected chi connectivity index (χ2v) is 8.12. The van der Waals surface area contributed by atoms with Crippen LogP contribution in [0.15, 0.2) is 88.2 Å². The second-order valence-electron chi connectivity index (χ2n) is 6.20. The first kappa shape index (κ1) is 14.5. The molecule has 0 aromatic heterocycles. The van der Waals surface area contributed by atoms with Gasteiger partial charge in [-0.1, -0.05) is 60.7 Å². The average molecular weight is 322 g/mol. The molecule has 0 heterocycles. The molecule has 0 fully saturated rings. The van der Waals surface area contributed by atoms with Gasteiger partial charge in [0.15, 0.2) is 0 Å². The molecule has 2 aromatic rings. The van der Waals surface area contributed by atoms with Gasteiger partial charge in [-0.2, -0.15) is 0 Å². The van der Waals surface area contributed by atoms with Crippen LogP contribution in [0.3, 0.4) is 0 Å². The smallest absolute Gasteiger partial charge is 0.203 e. The minimum absolute atomic E-state index is 0.0453. The molecular weight excluding hydrogens is 304 g/mol. The molecule has 0 N–H and O–H groups in total. The number of sulfone groups is 1. The van der Waals surface area contributed by atoms with Gasteiger partial charge in [0.05, 0.1) is 9.80 Å². The van der Waals surface area contributed by atoms with E-state index in [9.17, 15) is 8.42 Å². The summed E-state index contributed by atoms with van der Waals surface area (Å²) in [5.41, 5.74) is 2.25. The zero-order valence-electron chi connectivity index (χ0n) is 12.7. The van der Waals surface area contributed by atoms with Crippen molar-refractivity contribution >= 4 is 9.84 Å². The first-order valence-electron chi connectivity index (χ1n) is 7.91. The molecule has 2 aliphatic carbocycles. The first-order chi connectivity index (χ1) is 11.2. The Hall–Kier alpha value is -2.13. The van der Waals surface area contributed by atoms with Gasteiger partial charge in [0.2, 0.25) is 9.84 Å². The van der Waals surface area contributed by atoms with Crippen LogP contribution in [0.1, 0.15) is 12.0 Å². The maximum atomic E-state index is 13.1. The van der Waals surface area contributed by atoms with E-state index in [4.69, 9.17) is 0 Å². The largest absolute Gasteiger partial charge is 0.219 e. The number of benzene rings is 2. The van der Waals surface area contributed by atoms with Gasteiger partial charge in [0.25, 0.3) is 0 Å². The Labute approximate surface area is 137 Å². The van der Waals surface area contributed by atoms with Crippen LogP contribution in [0.4, 0.5) is 0 Å². The molecule has 2 nitrogen and oxygen atoms in total. The third-order valence-electron chi connectivity index (χ3n) is 4.76. The summed E-state index contributed by atoms with van der Waals surface area (Å²) in [4.78, 5) is 1.04. The Bertz CT molecular complexity index is 878. The minimum atomic E-state index is -3.41. The van der Waals surface area contributed by atoms with Crippen molar-refractivity contribution in [1.82, 2.24) is 0 Å². The Morgan fingerprint density at radius 1 is 0.826 bits per heavy atom. The van der Waals surface area contributed by atoms with Gasteiger partial charge >= 0.3 is 0 Å². The molecule has 0 spiro atoms. The second kappa shape index (κ2) is 5.50. The molecule has 2 aliphatic rings. The van der Waals surface area contributed by atoms with Crippen LogP contribution in [0.2, 0.25) is 0 Å². The standard InChI is InChI=1S/C20H18O2S/c21-23(22,18-9-5-2-6-10-18)20-17-12-11-16(14-17)19(20)13-15-7-3-1-4-8-15/h1-12,16-17H,13-14H2. The Balaban J connectivity index is 1.80. The van der Waals surface area contributed by atoms with Crippen LogP contribution in [0.5, 0.6) is 0 Å². The normalized spacial score (nSPS) is 22.8. The number of hydrogen-bond acceptors (Lipinski definition) is 2. The number of allylic oxidation sites excluding steroid dienone is 4. The van der Waals surface area contributed by atoms with Crippen molar-refractivity contribution < 1.29 is 8.42 Å². The maximum absolute atomic E-state index is 13.1. The molecule has 2 atom stereocenters. The van der Waals surface area contributed by atoms with E-state index in [-0.39, 0.29) is 11.8 Å². The maximum Gasteiger partial charge on any atom is 0.203 e. The van der Waals surface area contributed by atoms with E-state index in [1.807, 2.05) is 24.3 Å². The minimum Gasteiger partial charge on any atom is -0.219 e. The van der Waals surface area contributed by atoms with Gasteiger partial charge in [-0.05, 0) is 36.1 Å². The first-order valence-corrected chi connectivity index (χ1v) is 9.40. The predicted molar refractivity (Wildman–Crippen MR) is 91.5 cm³/mol. The molecule has 4 rings (SSSR count). The van der Waals surface area contributed by atoms with Crippen molar-refractivity contribution in [2.45, 2.75) is 17.7 Å². The molecule has 23 heavy (non-hydrogen) atoms. The lowest BCUT2D eigenvalue weighted by molar-refractivity contribution is 0.596. The van der Waals surface area contributed by atoms with Crippen LogP contribution in [-0.2, 0) is 16.3 Å². The molecule has 0 aliphatic heterocycles. The fourth-order valence-corrected chi connectivity index (χ4v) is 5.62. The molecule has 2 aromatic carbocycles. The third-order valence-corrected chi connectivity index (χ3v) is 6.80. The highest BCUT2D eigenvalue weighted by atomic mass is 32.2. The molecule has 0 amide bonds. The van der Waals surface area contributed by atoms with E-state index in [2.05, 4.69) is 24.3 Å². The highest BCUT2D eigenvalue weighted by Crippen LogP contribution is 2.48. The quantitative estimate of drug-likeness (QED) is 0.792. The fourth-order valence-electron chi connectivity index (χ4n) is 3.71. The lowest BCUT2D eigenvalue weighted by atomic mass is 9.96. The molecule has 2 unspecified atom stereocenters. The molecule has 2 bridgehead atoms. The van der Waals surface area contributed by atoms with Crippen LogP contribution in [0.25, 0.3) is 0 Å². The summed E-state index contributed by atoms with van der Waals surface area (Å²) in [6, 6.07) is 18.9. The highest BCUT2D eigenvalue weighted by Gasteiger charge is 2.41. The molecule has 0 radical (unpaired) electrons. The topological polar surface area (TPSA) is 34.1 Å². The van der Waals surface area contributed by atoms with Gasteiger partial charge in [-0.15, -0.1) is 0 Å². The van der Waals surface area contributed by atoms with Crippen molar-refractivity contribution in [3.8, 4) is 0 Å². The van der Waals surface area contributed by atoms with Crippen LogP contribution in [-0.4, -0.2) is 8.42 Å². The molecule has 116 valence electrons. The van der Waals surface area contributed by atoms with Crippen molar-refractivity contribution in [3.05, 3.63) is 88.9 Å². The van der Waals surface area contributed by atoms with Gasteiger partial charge < -0.3 is 0 Å². The van der Waals surface area contributed by atoms with Crippen LogP contribution >= 0.6 is 0 Å². The van der Waals surface area contributed by atoms with Gasteiger partial charge in [0.1, 0.15) is 0 Å². The Morgan fingerprint density at radius 3 is 2.13 bits per heavy atom. The summed E-state index contributed by atoms with van der Waals surface area (Å²) in [7, 11) is -3.41. The van der Waals surface area contributed by atoms with E-state index >= 15 is 0 Å². The Kier molecular flexibility index (Phi) is 3.46. The van der Waals surface area contributed by atoms with E-state index in [0.717, 1.165) is 12.0 Å². The SMILES string of the molecule is O=S(=O)(C1=C(Cc2ccccc2)C2C=CC1C2)c1ccccc1. The Morgan fingerprint density at radius 2 is 1.43 bits per heavy atom. The summed E-state index contributed by atoms with van der Waals surface area (Å²) < 4.78 is 26.3. The lowest BCUT2D eigenvalue weighted by Gasteiger charge is -2.17. The summed E-state index contributed by atoms with van der Waals surface area (Å²) in [6.45, 7) is 0. The van der Waals surface area contributed by atoms with Gasteiger partial charge in [-0.3, -0.25) is 0 Å². The summed E-state index contributed by atoms with van der Waals surface area (Å²) in [5.74, 6) is 0.317. The van der Waals surface area contributed by atoms with Gasteiger partial charge in [-0.25, -0.2) is 8.42 Å². The van der Waals surface area contributed by atoms with Crippen molar-refractivity contribution in [1.29, 1.82) is 0 Å². The molecule has 0 saturated carbocycles. The van der Waals surface area contributed by atoms with Crippen LogP contribution in [0, 0.1) is 11.8 Å². The van der Waals surface area contributed by atoms with Crippen molar-refractivity contribution in [3.63, 3.8) is 0 Å². The number of rotatable bonds is 4. The predicted octanol–water partition coefficient (Wildman–Crippen LogP) is 4.16. The number of fused-ring (bicyclic) bond motifs is 2. The van der Waals surface area contributed by atoms with Crippen molar-refractivity contribution in [2.24, 2.45) is 11.8 Å². The monoisotopic (exact) mass is 322 g/mol. The zero-order chi connectivity index (χ0) is 15.9. The number of hydrogen-bond donors (Lipinski definition) is 0. The molecular formula is C20H18O2S. The summed E-state index contributed by atoms with van der Waals surface area (Å²) in [6.07, 6.45) is 5.86.